The van der Waals surface area contributed by atoms with Gasteiger partial charge in [0.2, 0.25) is 0 Å². The minimum absolute atomic E-state index is 0.292. The van der Waals surface area contributed by atoms with E-state index >= 15 is 0 Å². The maximum atomic E-state index is 3.47. The molecule has 0 aromatic heterocycles. The first-order chi connectivity index (χ1) is 7.06. The van der Waals surface area contributed by atoms with Gasteiger partial charge in [0.05, 0.1) is 0 Å². The Hall–Kier alpha value is -0.470. The first-order valence-electron chi connectivity index (χ1n) is 5.57. The highest BCUT2D eigenvalue weighted by molar-refractivity contribution is 8.00. The monoisotopic (exact) mass is 221 g/mol. The van der Waals surface area contributed by atoms with E-state index in [1.807, 2.05) is 11.8 Å². The molecule has 1 aliphatic heterocycles. The molecule has 1 saturated heterocycles. The van der Waals surface area contributed by atoms with Gasteiger partial charge in [-0.2, -0.15) is 0 Å². The molecule has 1 N–H and O–H groups in total. The van der Waals surface area contributed by atoms with E-state index in [4.69, 9.17) is 0 Å². The van der Waals surface area contributed by atoms with Gasteiger partial charge in [0.25, 0.3) is 0 Å². The van der Waals surface area contributed by atoms with Crippen molar-refractivity contribution in [3.63, 3.8) is 0 Å². The SMILES string of the molecule is CC(C)(C)Sc1ccccc1[C@@H]1CCN1. The molecule has 1 aromatic rings. The standard InChI is InChI=1S/C13H19NS/c1-13(2,3)15-12-7-5-4-6-10(12)11-8-9-14-11/h4-7,11,14H,8-9H2,1-3H3/t11-/m0/s1. The maximum absolute atomic E-state index is 3.47. The van der Waals surface area contributed by atoms with Gasteiger partial charge in [0, 0.05) is 15.7 Å². The van der Waals surface area contributed by atoms with Gasteiger partial charge in [-0.05, 0) is 24.6 Å². The Balaban J connectivity index is 2.21. The van der Waals surface area contributed by atoms with E-state index in [0.717, 1.165) is 0 Å². The molecule has 2 heteroatoms. The van der Waals surface area contributed by atoms with Crippen LogP contribution in [-0.2, 0) is 0 Å². The molecule has 0 bridgehead atoms. The lowest BCUT2D eigenvalue weighted by Gasteiger charge is -2.31. The molecule has 0 spiro atoms. The highest BCUT2D eigenvalue weighted by Gasteiger charge is 2.23. The summed E-state index contributed by atoms with van der Waals surface area (Å²) < 4.78 is 0.292. The van der Waals surface area contributed by atoms with Crippen LogP contribution in [0, 0.1) is 0 Å². The van der Waals surface area contributed by atoms with Crippen molar-refractivity contribution in [2.45, 2.75) is 42.9 Å². The van der Waals surface area contributed by atoms with Crippen molar-refractivity contribution in [1.82, 2.24) is 5.32 Å². The smallest absolute Gasteiger partial charge is 0.0343 e. The van der Waals surface area contributed by atoms with Crippen LogP contribution < -0.4 is 5.32 Å². The largest absolute Gasteiger partial charge is 0.310 e. The predicted octanol–water partition coefficient (Wildman–Crippen LogP) is 3.61. The topological polar surface area (TPSA) is 12.0 Å². The van der Waals surface area contributed by atoms with E-state index in [0.29, 0.717) is 10.8 Å². The minimum Gasteiger partial charge on any atom is -0.310 e. The molecule has 2 rings (SSSR count). The molecule has 0 aliphatic carbocycles. The summed E-state index contributed by atoms with van der Waals surface area (Å²) in [5.74, 6) is 0. The van der Waals surface area contributed by atoms with Gasteiger partial charge < -0.3 is 5.32 Å². The Kier molecular flexibility index (Phi) is 3.08. The molecule has 0 unspecified atom stereocenters. The van der Waals surface area contributed by atoms with Crippen LogP contribution in [0.3, 0.4) is 0 Å². The number of hydrogen-bond acceptors (Lipinski definition) is 2. The average Bonchev–Trinajstić information content (AvgIpc) is 2.02. The third kappa shape index (κ3) is 2.76. The van der Waals surface area contributed by atoms with Crippen LogP contribution in [0.5, 0.6) is 0 Å². The molecule has 1 nitrogen and oxygen atoms in total. The lowest BCUT2D eigenvalue weighted by Crippen LogP contribution is -2.35. The molecule has 1 fully saturated rings. The van der Waals surface area contributed by atoms with Crippen molar-refractivity contribution in [3.8, 4) is 0 Å². The summed E-state index contributed by atoms with van der Waals surface area (Å²) in [6, 6.07) is 9.37. The molecular formula is C13H19NS. The van der Waals surface area contributed by atoms with Crippen LogP contribution >= 0.6 is 11.8 Å². The number of nitrogens with one attached hydrogen (secondary N) is 1. The van der Waals surface area contributed by atoms with Crippen LogP contribution in [0.25, 0.3) is 0 Å². The summed E-state index contributed by atoms with van der Waals surface area (Å²) in [6.07, 6.45) is 1.28. The van der Waals surface area contributed by atoms with Crippen LogP contribution in [0.2, 0.25) is 0 Å². The number of benzene rings is 1. The molecular weight excluding hydrogens is 202 g/mol. The molecule has 1 aliphatic rings. The van der Waals surface area contributed by atoms with Gasteiger partial charge in [-0.3, -0.25) is 0 Å². The van der Waals surface area contributed by atoms with Crippen LogP contribution in [-0.4, -0.2) is 11.3 Å². The molecule has 1 atom stereocenters. The van der Waals surface area contributed by atoms with Gasteiger partial charge in [-0.25, -0.2) is 0 Å². The zero-order valence-corrected chi connectivity index (χ0v) is 10.5. The summed E-state index contributed by atoms with van der Waals surface area (Å²) in [5.41, 5.74) is 1.48. The van der Waals surface area contributed by atoms with Crippen molar-refractivity contribution in [3.05, 3.63) is 29.8 Å². The Labute approximate surface area is 96.7 Å². The minimum atomic E-state index is 0.292. The summed E-state index contributed by atoms with van der Waals surface area (Å²) in [5, 5.41) is 3.47. The van der Waals surface area contributed by atoms with Crippen molar-refractivity contribution in [1.29, 1.82) is 0 Å². The summed E-state index contributed by atoms with van der Waals surface area (Å²) >= 11 is 1.96. The highest BCUT2D eigenvalue weighted by Crippen LogP contribution is 2.38. The van der Waals surface area contributed by atoms with Gasteiger partial charge in [0.1, 0.15) is 0 Å². The molecule has 0 radical (unpaired) electrons. The molecule has 0 amide bonds. The van der Waals surface area contributed by atoms with Crippen LogP contribution in [0.15, 0.2) is 29.2 Å². The van der Waals surface area contributed by atoms with Crippen LogP contribution in [0.1, 0.15) is 38.8 Å². The van der Waals surface area contributed by atoms with Crippen LogP contribution in [0.4, 0.5) is 0 Å². The Morgan fingerprint density at radius 1 is 1.27 bits per heavy atom. The van der Waals surface area contributed by atoms with Crippen molar-refractivity contribution < 1.29 is 0 Å². The van der Waals surface area contributed by atoms with Gasteiger partial charge >= 0.3 is 0 Å². The third-order valence-electron chi connectivity index (χ3n) is 2.53. The normalized spacial score (nSPS) is 21.1. The Morgan fingerprint density at radius 3 is 2.47 bits per heavy atom. The fourth-order valence-corrected chi connectivity index (χ4v) is 2.88. The second-order valence-electron chi connectivity index (χ2n) is 5.05. The molecule has 1 aromatic carbocycles. The number of hydrogen-bond donors (Lipinski definition) is 1. The molecule has 15 heavy (non-hydrogen) atoms. The summed E-state index contributed by atoms with van der Waals surface area (Å²) in [4.78, 5) is 1.43. The van der Waals surface area contributed by atoms with E-state index in [2.05, 4.69) is 50.4 Å². The van der Waals surface area contributed by atoms with Gasteiger partial charge in [-0.1, -0.05) is 39.0 Å². The van der Waals surface area contributed by atoms with E-state index < -0.39 is 0 Å². The number of rotatable bonds is 2. The van der Waals surface area contributed by atoms with Crippen molar-refractivity contribution in [2.75, 3.05) is 6.54 Å². The third-order valence-corrected chi connectivity index (χ3v) is 3.74. The second-order valence-corrected chi connectivity index (χ2v) is 6.92. The maximum Gasteiger partial charge on any atom is 0.0343 e. The molecule has 0 saturated carbocycles. The number of thioether (sulfide) groups is 1. The average molecular weight is 221 g/mol. The lowest BCUT2D eigenvalue weighted by atomic mass is 9.98. The van der Waals surface area contributed by atoms with Crippen molar-refractivity contribution >= 4 is 11.8 Å². The van der Waals surface area contributed by atoms with Crippen molar-refractivity contribution in [2.24, 2.45) is 0 Å². The first-order valence-corrected chi connectivity index (χ1v) is 6.39. The fourth-order valence-electron chi connectivity index (χ4n) is 1.75. The first kappa shape index (κ1) is 11.0. The van der Waals surface area contributed by atoms with Gasteiger partial charge in [0.15, 0.2) is 0 Å². The van der Waals surface area contributed by atoms with E-state index in [-0.39, 0.29) is 0 Å². The quantitative estimate of drug-likeness (QED) is 0.766. The summed E-state index contributed by atoms with van der Waals surface area (Å²) in [7, 11) is 0. The molecule has 82 valence electrons. The Bertz CT molecular complexity index is 337. The summed E-state index contributed by atoms with van der Waals surface area (Å²) in [6.45, 7) is 7.97. The van der Waals surface area contributed by atoms with Gasteiger partial charge in [-0.15, -0.1) is 11.8 Å². The lowest BCUT2D eigenvalue weighted by molar-refractivity contribution is 0.378. The zero-order valence-electron chi connectivity index (χ0n) is 9.71. The van der Waals surface area contributed by atoms with E-state index in [9.17, 15) is 0 Å². The fraction of sp³-hybridized carbons (Fsp3) is 0.538. The Morgan fingerprint density at radius 2 is 1.93 bits per heavy atom. The zero-order chi connectivity index (χ0) is 10.9. The molecule has 1 heterocycles. The predicted molar refractivity (Wildman–Crippen MR) is 67.4 cm³/mol. The van der Waals surface area contributed by atoms with E-state index in [1.165, 1.54) is 23.4 Å². The van der Waals surface area contributed by atoms with E-state index in [1.54, 1.807) is 0 Å². The highest BCUT2D eigenvalue weighted by atomic mass is 32.2. The second kappa shape index (κ2) is 4.18.